The number of pyridine rings is 1. The van der Waals surface area contributed by atoms with E-state index in [1.54, 1.807) is 0 Å². The zero-order valence-corrected chi connectivity index (χ0v) is 11.1. The molecule has 0 spiro atoms. The third kappa shape index (κ3) is 2.81. The number of amides is 1. The fourth-order valence-corrected chi connectivity index (χ4v) is 2.06. The minimum atomic E-state index is -0.622. The summed E-state index contributed by atoms with van der Waals surface area (Å²) in [7, 11) is 0. The highest BCUT2D eigenvalue weighted by atomic mass is 127. The van der Waals surface area contributed by atoms with Gasteiger partial charge in [0.15, 0.2) is 5.82 Å². The lowest BCUT2D eigenvalue weighted by atomic mass is 10.2. The Bertz CT molecular complexity index is 604. The highest BCUT2D eigenvalue weighted by Gasteiger charge is 2.12. The predicted molar refractivity (Wildman–Crippen MR) is 71.3 cm³/mol. The minimum absolute atomic E-state index is 0.0372. The van der Waals surface area contributed by atoms with Crippen molar-refractivity contribution >= 4 is 34.2 Å². The standard InChI is InChI=1S/C12H7F2IN2O/c13-7-1-2-8(10(15)5-7)12(18)17-11-3-4-16-6-9(11)14/h1-6H,(H,16,17,18). The fourth-order valence-electron chi connectivity index (χ4n) is 1.34. The van der Waals surface area contributed by atoms with E-state index in [0.717, 1.165) is 6.20 Å². The lowest BCUT2D eigenvalue weighted by Gasteiger charge is -2.07. The Morgan fingerprint density at radius 2 is 2.06 bits per heavy atom. The molecule has 6 heteroatoms. The first-order valence-electron chi connectivity index (χ1n) is 4.94. The van der Waals surface area contributed by atoms with E-state index in [1.807, 2.05) is 22.6 Å². The Balaban J connectivity index is 2.25. The highest BCUT2D eigenvalue weighted by Crippen LogP contribution is 2.17. The maximum atomic E-state index is 13.3. The summed E-state index contributed by atoms with van der Waals surface area (Å²) in [6.45, 7) is 0. The summed E-state index contributed by atoms with van der Waals surface area (Å²) in [5.41, 5.74) is 0.323. The van der Waals surface area contributed by atoms with Crippen LogP contribution in [0.25, 0.3) is 0 Å². The molecule has 0 radical (unpaired) electrons. The molecule has 1 N–H and O–H groups in total. The van der Waals surface area contributed by atoms with E-state index in [-0.39, 0.29) is 11.3 Å². The van der Waals surface area contributed by atoms with Crippen LogP contribution in [-0.4, -0.2) is 10.9 Å². The van der Waals surface area contributed by atoms with Crippen LogP contribution in [-0.2, 0) is 0 Å². The molecule has 1 aromatic carbocycles. The molecule has 0 aliphatic heterocycles. The van der Waals surface area contributed by atoms with Gasteiger partial charge in [-0.25, -0.2) is 8.78 Å². The molecular weight excluding hydrogens is 353 g/mol. The minimum Gasteiger partial charge on any atom is -0.319 e. The molecule has 0 aliphatic rings. The normalized spacial score (nSPS) is 10.2. The van der Waals surface area contributed by atoms with Crippen molar-refractivity contribution in [1.82, 2.24) is 4.98 Å². The number of benzene rings is 1. The molecule has 0 saturated carbocycles. The van der Waals surface area contributed by atoms with Crippen LogP contribution < -0.4 is 5.32 Å². The Labute approximate surface area is 115 Å². The van der Waals surface area contributed by atoms with Crippen molar-refractivity contribution in [3.05, 3.63) is 57.4 Å². The first-order chi connectivity index (χ1) is 8.58. The van der Waals surface area contributed by atoms with Crippen molar-refractivity contribution in [3.63, 3.8) is 0 Å². The van der Waals surface area contributed by atoms with E-state index in [9.17, 15) is 13.6 Å². The van der Waals surface area contributed by atoms with Crippen molar-refractivity contribution in [2.24, 2.45) is 0 Å². The topological polar surface area (TPSA) is 42.0 Å². The van der Waals surface area contributed by atoms with Gasteiger partial charge < -0.3 is 5.32 Å². The number of rotatable bonds is 2. The van der Waals surface area contributed by atoms with Gasteiger partial charge in [0.25, 0.3) is 5.91 Å². The number of hydrogen-bond donors (Lipinski definition) is 1. The molecule has 2 aromatic rings. The van der Waals surface area contributed by atoms with E-state index in [2.05, 4.69) is 10.3 Å². The van der Waals surface area contributed by atoms with Gasteiger partial charge in [0.05, 0.1) is 17.4 Å². The Morgan fingerprint density at radius 1 is 1.28 bits per heavy atom. The number of nitrogens with zero attached hydrogens (tertiary/aromatic N) is 1. The van der Waals surface area contributed by atoms with Crippen LogP contribution in [0.3, 0.4) is 0 Å². The number of anilines is 1. The Hall–Kier alpha value is -1.57. The van der Waals surface area contributed by atoms with Crippen LogP contribution in [0.2, 0.25) is 0 Å². The highest BCUT2D eigenvalue weighted by molar-refractivity contribution is 14.1. The summed E-state index contributed by atoms with van der Waals surface area (Å²) in [4.78, 5) is 15.4. The van der Waals surface area contributed by atoms with Gasteiger partial charge in [-0.15, -0.1) is 0 Å². The quantitative estimate of drug-likeness (QED) is 0.836. The summed E-state index contributed by atoms with van der Waals surface area (Å²) in [5.74, 6) is -1.54. The fraction of sp³-hybridized carbons (Fsp3) is 0. The third-order valence-corrected chi connectivity index (χ3v) is 3.09. The van der Waals surface area contributed by atoms with Crippen LogP contribution in [0.4, 0.5) is 14.5 Å². The maximum absolute atomic E-state index is 13.3. The summed E-state index contributed by atoms with van der Waals surface area (Å²) >= 11 is 1.85. The van der Waals surface area contributed by atoms with Crippen molar-refractivity contribution in [3.8, 4) is 0 Å². The lowest BCUT2D eigenvalue weighted by Crippen LogP contribution is -2.14. The monoisotopic (exact) mass is 360 g/mol. The first kappa shape index (κ1) is 12.9. The second-order valence-electron chi connectivity index (χ2n) is 3.43. The number of aromatic nitrogens is 1. The van der Waals surface area contributed by atoms with Gasteiger partial charge in [0.1, 0.15) is 5.82 Å². The Morgan fingerprint density at radius 3 is 2.72 bits per heavy atom. The van der Waals surface area contributed by atoms with E-state index >= 15 is 0 Å². The lowest BCUT2D eigenvalue weighted by molar-refractivity contribution is 0.102. The molecule has 18 heavy (non-hydrogen) atoms. The molecule has 0 fully saturated rings. The van der Waals surface area contributed by atoms with Gasteiger partial charge in [-0.3, -0.25) is 9.78 Å². The van der Waals surface area contributed by atoms with Crippen LogP contribution in [0.5, 0.6) is 0 Å². The molecule has 1 amide bonds. The molecule has 3 nitrogen and oxygen atoms in total. The molecule has 1 heterocycles. The third-order valence-electron chi connectivity index (χ3n) is 2.20. The largest absolute Gasteiger partial charge is 0.319 e. The van der Waals surface area contributed by atoms with E-state index in [0.29, 0.717) is 3.57 Å². The van der Waals surface area contributed by atoms with Crippen molar-refractivity contribution in [2.75, 3.05) is 5.32 Å². The van der Waals surface area contributed by atoms with E-state index in [4.69, 9.17) is 0 Å². The summed E-state index contributed by atoms with van der Waals surface area (Å²) in [6, 6.07) is 5.12. The molecule has 0 atom stereocenters. The van der Waals surface area contributed by atoms with E-state index < -0.39 is 17.5 Å². The number of halogens is 3. The first-order valence-corrected chi connectivity index (χ1v) is 6.01. The summed E-state index contributed by atoms with van der Waals surface area (Å²) < 4.78 is 26.6. The van der Waals surface area contributed by atoms with Gasteiger partial charge in [-0.2, -0.15) is 0 Å². The van der Waals surface area contributed by atoms with Crippen LogP contribution in [0.15, 0.2) is 36.7 Å². The molecule has 0 aliphatic carbocycles. The number of carbonyl (C=O) groups is 1. The van der Waals surface area contributed by atoms with Gasteiger partial charge >= 0.3 is 0 Å². The molecule has 0 bridgehead atoms. The Kier molecular flexibility index (Phi) is 3.85. The van der Waals surface area contributed by atoms with Gasteiger partial charge in [-0.1, -0.05) is 0 Å². The SMILES string of the molecule is O=C(Nc1ccncc1F)c1ccc(F)cc1I. The number of hydrogen-bond acceptors (Lipinski definition) is 2. The van der Waals surface area contributed by atoms with Gasteiger partial charge in [0.2, 0.25) is 0 Å². The second-order valence-corrected chi connectivity index (χ2v) is 4.60. The van der Waals surface area contributed by atoms with Gasteiger partial charge in [-0.05, 0) is 46.9 Å². The van der Waals surface area contributed by atoms with Crippen LogP contribution in [0.1, 0.15) is 10.4 Å². The van der Waals surface area contributed by atoms with Crippen LogP contribution in [0, 0.1) is 15.2 Å². The van der Waals surface area contributed by atoms with Crippen LogP contribution >= 0.6 is 22.6 Å². The van der Waals surface area contributed by atoms with Crippen molar-refractivity contribution in [1.29, 1.82) is 0 Å². The smallest absolute Gasteiger partial charge is 0.256 e. The number of nitrogens with one attached hydrogen (secondary N) is 1. The summed E-state index contributed by atoms with van der Waals surface area (Å²) in [6.07, 6.45) is 2.37. The molecule has 0 unspecified atom stereocenters. The molecule has 92 valence electrons. The summed E-state index contributed by atoms with van der Waals surface area (Å²) in [5, 5.41) is 2.41. The predicted octanol–water partition coefficient (Wildman–Crippen LogP) is 3.22. The molecule has 2 rings (SSSR count). The average Bonchev–Trinajstić information content (AvgIpc) is 2.32. The number of carbonyl (C=O) groups excluding carboxylic acids is 1. The van der Waals surface area contributed by atoms with Crippen molar-refractivity contribution in [2.45, 2.75) is 0 Å². The second kappa shape index (κ2) is 5.38. The van der Waals surface area contributed by atoms with Crippen molar-refractivity contribution < 1.29 is 13.6 Å². The molecule has 0 saturated heterocycles. The molecular formula is C12H7F2IN2O. The maximum Gasteiger partial charge on any atom is 0.256 e. The van der Waals surface area contributed by atoms with Gasteiger partial charge in [0, 0.05) is 9.77 Å². The zero-order chi connectivity index (χ0) is 13.1. The van der Waals surface area contributed by atoms with E-state index in [1.165, 1.54) is 30.5 Å². The molecule has 1 aromatic heterocycles. The average molecular weight is 360 g/mol. The zero-order valence-electron chi connectivity index (χ0n) is 8.95.